The summed E-state index contributed by atoms with van der Waals surface area (Å²) in [5.41, 5.74) is 2.71. The Bertz CT molecular complexity index is 690. The van der Waals surface area contributed by atoms with Crippen molar-refractivity contribution >= 4 is 39.7 Å². The minimum Gasteiger partial charge on any atom is -0.378 e. The van der Waals surface area contributed by atoms with E-state index in [0.29, 0.717) is 11.0 Å². The maximum atomic E-state index is 5.79. The summed E-state index contributed by atoms with van der Waals surface area (Å²) in [4.78, 5) is 6.66. The Balaban J connectivity index is 1.86. The first kappa shape index (κ1) is 11.4. The molecule has 0 atom stereocenters. The van der Waals surface area contributed by atoms with Crippen molar-refractivity contribution in [3.05, 3.63) is 33.7 Å². The monoisotopic (exact) mass is 279 g/mol. The minimum absolute atomic E-state index is 0.560. The Morgan fingerprint density at radius 2 is 2.28 bits per heavy atom. The normalized spacial score (nSPS) is 11.0. The van der Waals surface area contributed by atoms with E-state index in [1.165, 1.54) is 11.3 Å². The van der Waals surface area contributed by atoms with E-state index in [4.69, 9.17) is 11.6 Å². The molecule has 0 fully saturated rings. The largest absolute Gasteiger partial charge is 0.378 e. The van der Waals surface area contributed by atoms with Crippen LogP contribution in [0, 0.1) is 0 Å². The third kappa shape index (κ3) is 2.16. The standard InChI is InChI=1S/C11H10ClN5S/c1-17-15-9-4-2-3-8(10(9)16-17)13-5-7-6-14-11(12)18-7/h2-4,6,13H,5H2,1H3. The first-order chi connectivity index (χ1) is 8.72. The SMILES string of the molecule is Cn1nc2cccc(NCc3cnc(Cl)s3)c2n1. The zero-order valence-electron chi connectivity index (χ0n) is 9.59. The number of aromatic nitrogens is 4. The highest BCUT2D eigenvalue weighted by atomic mass is 35.5. The van der Waals surface area contributed by atoms with Crippen molar-refractivity contribution in [1.82, 2.24) is 20.0 Å². The Morgan fingerprint density at radius 1 is 1.39 bits per heavy atom. The van der Waals surface area contributed by atoms with Crippen molar-refractivity contribution < 1.29 is 0 Å². The van der Waals surface area contributed by atoms with Gasteiger partial charge in [0.2, 0.25) is 0 Å². The molecular weight excluding hydrogens is 270 g/mol. The van der Waals surface area contributed by atoms with Gasteiger partial charge in [0.05, 0.1) is 12.2 Å². The first-order valence-electron chi connectivity index (χ1n) is 5.36. The van der Waals surface area contributed by atoms with Crippen molar-refractivity contribution in [2.75, 3.05) is 5.32 Å². The van der Waals surface area contributed by atoms with Crippen LogP contribution < -0.4 is 5.32 Å². The third-order valence-corrected chi connectivity index (χ3v) is 3.61. The molecule has 1 aromatic carbocycles. The number of halogens is 1. The van der Waals surface area contributed by atoms with Crippen LogP contribution in [0.5, 0.6) is 0 Å². The van der Waals surface area contributed by atoms with E-state index in [-0.39, 0.29) is 0 Å². The van der Waals surface area contributed by atoms with Crippen molar-refractivity contribution in [1.29, 1.82) is 0 Å². The first-order valence-corrected chi connectivity index (χ1v) is 6.56. The topological polar surface area (TPSA) is 55.6 Å². The molecule has 2 aromatic heterocycles. The second-order valence-electron chi connectivity index (χ2n) is 3.80. The highest BCUT2D eigenvalue weighted by molar-refractivity contribution is 7.15. The van der Waals surface area contributed by atoms with Gasteiger partial charge in [-0.15, -0.1) is 11.3 Å². The van der Waals surface area contributed by atoms with Crippen molar-refractivity contribution in [2.45, 2.75) is 6.54 Å². The Kier molecular flexibility index (Phi) is 2.89. The lowest BCUT2D eigenvalue weighted by molar-refractivity contribution is 0.665. The number of hydrogen-bond acceptors (Lipinski definition) is 5. The zero-order chi connectivity index (χ0) is 12.5. The molecule has 3 rings (SSSR count). The lowest BCUT2D eigenvalue weighted by Gasteiger charge is -2.03. The number of thiazole rings is 1. The Hall–Kier alpha value is -1.66. The molecule has 0 saturated carbocycles. The molecule has 0 unspecified atom stereocenters. The lowest BCUT2D eigenvalue weighted by Crippen LogP contribution is -1.98. The molecule has 0 aliphatic heterocycles. The molecule has 92 valence electrons. The van der Waals surface area contributed by atoms with Gasteiger partial charge >= 0.3 is 0 Å². The van der Waals surface area contributed by atoms with Gasteiger partial charge in [0.15, 0.2) is 4.47 Å². The Labute approximate surface area is 112 Å². The number of anilines is 1. The van der Waals surface area contributed by atoms with Crippen LogP contribution in [0.25, 0.3) is 11.0 Å². The summed E-state index contributed by atoms with van der Waals surface area (Å²) in [6, 6.07) is 5.88. The van der Waals surface area contributed by atoms with Crippen LogP contribution in [0.1, 0.15) is 4.88 Å². The van der Waals surface area contributed by atoms with Gasteiger partial charge in [0.1, 0.15) is 11.0 Å². The van der Waals surface area contributed by atoms with Gasteiger partial charge in [-0.2, -0.15) is 15.0 Å². The average molecular weight is 280 g/mol. The number of aryl methyl sites for hydroxylation is 1. The molecule has 7 heteroatoms. The van der Waals surface area contributed by atoms with Gasteiger partial charge in [0.25, 0.3) is 0 Å². The van der Waals surface area contributed by atoms with E-state index in [9.17, 15) is 0 Å². The van der Waals surface area contributed by atoms with E-state index >= 15 is 0 Å². The van der Waals surface area contributed by atoms with Gasteiger partial charge in [-0.25, -0.2) is 4.98 Å². The smallest absolute Gasteiger partial charge is 0.183 e. The van der Waals surface area contributed by atoms with Crippen molar-refractivity contribution in [3.8, 4) is 0 Å². The number of fused-ring (bicyclic) bond motifs is 1. The Morgan fingerprint density at radius 3 is 3.06 bits per heavy atom. The fourth-order valence-corrected chi connectivity index (χ4v) is 2.65. The molecule has 0 amide bonds. The number of hydrogen-bond donors (Lipinski definition) is 1. The number of rotatable bonds is 3. The van der Waals surface area contributed by atoms with Gasteiger partial charge < -0.3 is 5.32 Å². The predicted molar refractivity (Wildman–Crippen MR) is 73.0 cm³/mol. The predicted octanol–water partition coefficient (Wildman–Crippen LogP) is 2.69. The molecule has 5 nitrogen and oxygen atoms in total. The summed E-state index contributed by atoms with van der Waals surface area (Å²) in [6.07, 6.45) is 1.77. The van der Waals surface area contributed by atoms with Gasteiger partial charge in [-0.3, -0.25) is 0 Å². The van der Waals surface area contributed by atoms with Crippen molar-refractivity contribution in [2.24, 2.45) is 7.05 Å². The van der Waals surface area contributed by atoms with Crippen LogP contribution in [0.3, 0.4) is 0 Å². The molecule has 2 heterocycles. The molecule has 0 spiro atoms. The van der Waals surface area contributed by atoms with Crippen LogP contribution in [0.2, 0.25) is 4.47 Å². The fraction of sp³-hybridized carbons (Fsp3) is 0.182. The van der Waals surface area contributed by atoms with E-state index in [2.05, 4.69) is 20.5 Å². The van der Waals surface area contributed by atoms with Crippen LogP contribution >= 0.6 is 22.9 Å². The number of benzene rings is 1. The molecule has 1 N–H and O–H groups in total. The van der Waals surface area contributed by atoms with Crippen LogP contribution in [0.4, 0.5) is 5.69 Å². The fourth-order valence-electron chi connectivity index (χ4n) is 1.73. The minimum atomic E-state index is 0.560. The highest BCUT2D eigenvalue weighted by Gasteiger charge is 2.06. The molecule has 0 aliphatic rings. The summed E-state index contributed by atoms with van der Waals surface area (Å²) in [7, 11) is 1.81. The molecule has 0 radical (unpaired) electrons. The average Bonchev–Trinajstić information content (AvgIpc) is 2.91. The van der Waals surface area contributed by atoms with Gasteiger partial charge in [-0.05, 0) is 12.1 Å². The van der Waals surface area contributed by atoms with Crippen LogP contribution in [-0.2, 0) is 13.6 Å². The van der Waals surface area contributed by atoms with E-state index in [1.807, 2.05) is 25.2 Å². The maximum absolute atomic E-state index is 5.79. The second kappa shape index (κ2) is 4.55. The molecule has 0 saturated heterocycles. The van der Waals surface area contributed by atoms with E-state index < -0.39 is 0 Å². The molecule has 3 aromatic rings. The quantitative estimate of drug-likeness (QED) is 0.801. The summed E-state index contributed by atoms with van der Waals surface area (Å²) in [6.45, 7) is 0.681. The lowest BCUT2D eigenvalue weighted by atomic mass is 10.2. The van der Waals surface area contributed by atoms with Crippen LogP contribution in [0.15, 0.2) is 24.4 Å². The second-order valence-corrected chi connectivity index (χ2v) is 5.49. The summed E-state index contributed by atoms with van der Waals surface area (Å²) in [5.74, 6) is 0. The van der Waals surface area contributed by atoms with Gasteiger partial charge in [-0.1, -0.05) is 17.7 Å². The molecule has 0 bridgehead atoms. The molecule has 18 heavy (non-hydrogen) atoms. The van der Waals surface area contributed by atoms with Crippen molar-refractivity contribution in [3.63, 3.8) is 0 Å². The molecular formula is C11H10ClN5S. The number of nitrogens with zero attached hydrogens (tertiary/aromatic N) is 4. The third-order valence-electron chi connectivity index (χ3n) is 2.49. The van der Waals surface area contributed by atoms with E-state index in [1.54, 1.807) is 11.0 Å². The van der Waals surface area contributed by atoms with E-state index in [0.717, 1.165) is 21.6 Å². The number of nitrogens with one attached hydrogen (secondary N) is 1. The summed E-state index contributed by atoms with van der Waals surface area (Å²) in [5, 5.41) is 11.9. The highest BCUT2D eigenvalue weighted by Crippen LogP contribution is 2.22. The maximum Gasteiger partial charge on any atom is 0.183 e. The molecule has 0 aliphatic carbocycles. The van der Waals surface area contributed by atoms with Gasteiger partial charge in [0, 0.05) is 18.1 Å². The zero-order valence-corrected chi connectivity index (χ0v) is 11.2. The van der Waals surface area contributed by atoms with Crippen LogP contribution in [-0.4, -0.2) is 20.0 Å². The summed E-state index contributed by atoms with van der Waals surface area (Å²) < 4.78 is 0.560. The summed E-state index contributed by atoms with van der Waals surface area (Å²) >= 11 is 7.26.